The quantitative estimate of drug-likeness (QED) is 0.827. The number of carbonyl (C=O) groups is 1. The van der Waals surface area contributed by atoms with Gasteiger partial charge in [-0.25, -0.2) is 9.97 Å². The van der Waals surface area contributed by atoms with Gasteiger partial charge in [-0.15, -0.1) is 0 Å². The number of hydrogen-bond donors (Lipinski definition) is 0. The number of nitrogens with zero attached hydrogens (tertiary/aromatic N) is 5. The topological polar surface area (TPSA) is 71.5 Å². The number of amides is 1. The van der Waals surface area contributed by atoms with Crippen LogP contribution in [0.25, 0.3) is 0 Å². The van der Waals surface area contributed by atoms with Crippen LogP contribution >= 0.6 is 0 Å². The van der Waals surface area contributed by atoms with Crippen molar-refractivity contribution in [3.63, 3.8) is 0 Å². The van der Waals surface area contributed by atoms with Crippen LogP contribution in [-0.2, 0) is 0 Å². The second-order valence-electron chi connectivity index (χ2n) is 6.43. The molecule has 0 saturated carbocycles. The van der Waals surface area contributed by atoms with Gasteiger partial charge in [0.15, 0.2) is 0 Å². The molecule has 3 rings (SSSR count). The molecule has 25 heavy (non-hydrogen) atoms. The first-order valence-electron chi connectivity index (χ1n) is 8.52. The molecule has 1 aliphatic heterocycles. The lowest BCUT2D eigenvalue weighted by atomic mass is 10.2. The van der Waals surface area contributed by atoms with Crippen molar-refractivity contribution in [2.75, 3.05) is 37.7 Å². The van der Waals surface area contributed by atoms with Gasteiger partial charge in [0.1, 0.15) is 5.82 Å². The van der Waals surface area contributed by atoms with Gasteiger partial charge in [-0.3, -0.25) is 9.78 Å². The first-order chi connectivity index (χ1) is 12.1. The lowest BCUT2D eigenvalue weighted by Crippen LogP contribution is -2.49. The Morgan fingerprint density at radius 1 is 1.12 bits per heavy atom. The summed E-state index contributed by atoms with van der Waals surface area (Å²) < 4.78 is 5.56. The predicted molar refractivity (Wildman–Crippen MR) is 94.7 cm³/mol. The third-order valence-corrected chi connectivity index (χ3v) is 3.99. The van der Waals surface area contributed by atoms with Crippen LogP contribution in [0.2, 0.25) is 0 Å². The molecule has 132 valence electrons. The molecule has 2 aromatic heterocycles. The summed E-state index contributed by atoms with van der Waals surface area (Å²) in [6.07, 6.45) is 6.68. The summed E-state index contributed by atoms with van der Waals surface area (Å²) in [5.41, 5.74) is 0.588. The summed E-state index contributed by atoms with van der Waals surface area (Å²) in [6, 6.07) is 3.53. The van der Waals surface area contributed by atoms with Crippen molar-refractivity contribution >= 4 is 11.7 Å². The molecule has 0 N–H and O–H groups in total. The highest BCUT2D eigenvalue weighted by Crippen LogP contribution is 2.15. The molecule has 1 fully saturated rings. The molecule has 0 radical (unpaired) electrons. The van der Waals surface area contributed by atoms with Crippen molar-refractivity contribution in [1.82, 2.24) is 19.9 Å². The van der Waals surface area contributed by atoms with E-state index in [4.69, 9.17) is 4.74 Å². The summed E-state index contributed by atoms with van der Waals surface area (Å²) in [4.78, 5) is 29.2. The van der Waals surface area contributed by atoms with E-state index in [2.05, 4.69) is 33.7 Å². The van der Waals surface area contributed by atoms with Crippen LogP contribution in [0.15, 0.2) is 36.9 Å². The van der Waals surface area contributed by atoms with Crippen LogP contribution in [-0.4, -0.2) is 58.5 Å². The molecule has 0 atom stereocenters. The van der Waals surface area contributed by atoms with Crippen LogP contribution in [0, 0.1) is 5.92 Å². The van der Waals surface area contributed by atoms with E-state index >= 15 is 0 Å². The number of carbonyl (C=O) groups excluding carboxylic acids is 1. The molecule has 0 aliphatic carbocycles. The minimum absolute atomic E-state index is 0.00158. The smallest absolute Gasteiger partial charge is 0.255 e. The maximum atomic E-state index is 12.6. The zero-order chi connectivity index (χ0) is 17.6. The lowest BCUT2D eigenvalue weighted by Gasteiger charge is -2.35. The van der Waals surface area contributed by atoms with Gasteiger partial charge < -0.3 is 14.5 Å². The second kappa shape index (κ2) is 7.92. The molecule has 1 saturated heterocycles. The Labute approximate surface area is 147 Å². The molecule has 0 spiro atoms. The molecule has 1 aliphatic rings. The monoisotopic (exact) mass is 341 g/mol. The van der Waals surface area contributed by atoms with Gasteiger partial charge in [0.05, 0.1) is 18.4 Å². The predicted octanol–water partition coefficient (Wildman–Crippen LogP) is 1.87. The van der Waals surface area contributed by atoms with Gasteiger partial charge in [0, 0.05) is 50.8 Å². The first-order valence-corrected chi connectivity index (χ1v) is 8.52. The Morgan fingerprint density at radius 3 is 2.52 bits per heavy atom. The van der Waals surface area contributed by atoms with Crippen LogP contribution < -0.4 is 9.64 Å². The zero-order valence-electron chi connectivity index (χ0n) is 14.6. The van der Waals surface area contributed by atoms with Crippen molar-refractivity contribution in [1.29, 1.82) is 0 Å². The third-order valence-electron chi connectivity index (χ3n) is 3.99. The van der Waals surface area contributed by atoms with Crippen molar-refractivity contribution < 1.29 is 9.53 Å². The Hall–Kier alpha value is -2.70. The number of ether oxygens (including phenoxy) is 1. The largest absolute Gasteiger partial charge is 0.477 e. The average Bonchev–Trinajstić information content (AvgIpc) is 2.67. The summed E-state index contributed by atoms with van der Waals surface area (Å²) in [6.45, 7) is 7.57. The molecule has 0 aromatic carbocycles. The molecule has 1 amide bonds. The van der Waals surface area contributed by atoms with Crippen LogP contribution in [0.4, 0.5) is 5.82 Å². The van der Waals surface area contributed by atoms with E-state index in [-0.39, 0.29) is 5.91 Å². The number of pyridine rings is 1. The summed E-state index contributed by atoms with van der Waals surface area (Å²) >= 11 is 0. The Bertz CT molecular complexity index is 682. The van der Waals surface area contributed by atoms with Crippen molar-refractivity contribution in [2.45, 2.75) is 13.8 Å². The molecular weight excluding hydrogens is 318 g/mol. The summed E-state index contributed by atoms with van der Waals surface area (Å²) in [7, 11) is 0. The highest BCUT2D eigenvalue weighted by molar-refractivity contribution is 5.94. The standard InChI is InChI=1S/C18H23N5O2/c1-14(2)13-25-17-4-3-15(11-21-17)18(24)23-9-7-22(8-10-23)16-12-19-5-6-20-16/h3-6,11-12,14H,7-10,13H2,1-2H3. The van der Waals surface area contributed by atoms with Crippen LogP contribution in [0.1, 0.15) is 24.2 Å². The van der Waals surface area contributed by atoms with Crippen molar-refractivity contribution in [3.05, 3.63) is 42.5 Å². The van der Waals surface area contributed by atoms with E-state index in [1.165, 1.54) is 0 Å². The van der Waals surface area contributed by atoms with E-state index in [0.29, 0.717) is 37.1 Å². The highest BCUT2D eigenvalue weighted by Gasteiger charge is 2.23. The number of hydrogen-bond acceptors (Lipinski definition) is 6. The fourth-order valence-corrected chi connectivity index (χ4v) is 2.62. The lowest BCUT2D eigenvalue weighted by molar-refractivity contribution is 0.0746. The van der Waals surface area contributed by atoms with Gasteiger partial charge >= 0.3 is 0 Å². The first kappa shape index (κ1) is 17.1. The molecule has 2 aromatic rings. The normalized spacial score (nSPS) is 14.7. The molecule has 7 heteroatoms. The molecule has 3 heterocycles. The minimum Gasteiger partial charge on any atom is -0.477 e. The molecule has 7 nitrogen and oxygen atoms in total. The van der Waals surface area contributed by atoms with Crippen LogP contribution in [0.5, 0.6) is 5.88 Å². The number of aromatic nitrogens is 3. The Morgan fingerprint density at radius 2 is 1.92 bits per heavy atom. The van der Waals surface area contributed by atoms with Gasteiger partial charge in [0.2, 0.25) is 5.88 Å². The van der Waals surface area contributed by atoms with E-state index in [1.807, 2.05) is 4.90 Å². The van der Waals surface area contributed by atoms with Crippen molar-refractivity contribution in [2.24, 2.45) is 5.92 Å². The maximum absolute atomic E-state index is 12.6. The minimum atomic E-state index is 0.00158. The molecule has 0 bridgehead atoms. The van der Waals surface area contributed by atoms with Crippen molar-refractivity contribution in [3.8, 4) is 5.88 Å². The highest BCUT2D eigenvalue weighted by atomic mass is 16.5. The summed E-state index contributed by atoms with van der Waals surface area (Å²) in [5.74, 6) is 1.84. The average molecular weight is 341 g/mol. The van der Waals surface area contributed by atoms with Gasteiger partial charge in [-0.1, -0.05) is 13.8 Å². The molecular formula is C18H23N5O2. The van der Waals surface area contributed by atoms with Gasteiger partial charge in [-0.05, 0) is 12.0 Å². The number of anilines is 1. The zero-order valence-corrected chi connectivity index (χ0v) is 14.6. The van der Waals surface area contributed by atoms with E-state index in [1.54, 1.807) is 36.9 Å². The van der Waals surface area contributed by atoms with Crippen LogP contribution in [0.3, 0.4) is 0 Å². The Balaban J connectivity index is 1.55. The van der Waals surface area contributed by atoms with E-state index < -0.39 is 0 Å². The third kappa shape index (κ3) is 4.43. The Kier molecular flexibility index (Phi) is 5.42. The van der Waals surface area contributed by atoms with E-state index in [0.717, 1.165) is 18.9 Å². The fraction of sp³-hybridized carbons (Fsp3) is 0.444. The molecule has 0 unspecified atom stereocenters. The van der Waals surface area contributed by atoms with Gasteiger partial charge in [0.25, 0.3) is 5.91 Å². The number of piperazine rings is 1. The number of rotatable bonds is 5. The summed E-state index contributed by atoms with van der Waals surface area (Å²) in [5, 5.41) is 0. The fourth-order valence-electron chi connectivity index (χ4n) is 2.62. The SMILES string of the molecule is CC(C)COc1ccc(C(=O)N2CCN(c3cnccn3)CC2)cn1. The van der Waals surface area contributed by atoms with E-state index in [9.17, 15) is 4.79 Å². The maximum Gasteiger partial charge on any atom is 0.255 e. The van der Waals surface area contributed by atoms with Gasteiger partial charge in [-0.2, -0.15) is 0 Å². The second-order valence-corrected chi connectivity index (χ2v) is 6.43.